The number of hydrogen-bond donors (Lipinski definition) is 1. The molecular formula is C26H24N6O3. The highest BCUT2D eigenvalue weighted by Gasteiger charge is 2.19. The molecular weight excluding hydrogens is 444 g/mol. The molecule has 0 aliphatic rings. The van der Waals surface area contributed by atoms with E-state index in [-0.39, 0.29) is 5.97 Å². The molecule has 0 radical (unpaired) electrons. The minimum Gasteiger partial charge on any atom is -0.465 e. The Hall–Kier alpha value is -4.37. The summed E-state index contributed by atoms with van der Waals surface area (Å²) in [5.41, 5.74) is 6.08. The van der Waals surface area contributed by atoms with Crippen molar-refractivity contribution in [2.75, 3.05) is 20.8 Å². The summed E-state index contributed by atoms with van der Waals surface area (Å²) in [6, 6.07) is 21.8. The maximum atomic E-state index is 12.5. The number of nitrogens with one attached hydrogen (secondary N) is 1. The molecule has 176 valence electrons. The van der Waals surface area contributed by atoms with Crippen LogP contribution in [0.2, 0.25) is 0 Å². The summed E-state index contributed by atoms with van der Waals surface area (Å²) in [5.74, 6) is 1.09. The monoisotopic (exact) mass is 468 g/mol. The number of carbonyl (C=O) groups is 1. The third-order valence-electron chi connectivity index (χ3n) is 5.91. The highest BCUT2D eigenvalue weighted by atomic mass is 16.5. The lowest BCUT2D eigenvalue weighted by molar-refractivity contribution is 0.0602. The van der Waals surface area contributed by atoms with Crippen LogP contribution >= 0.6 is 0 Å². The van der Waals surface area contributed by atoms with Crippen LogP contribution in [-0.2, 0) is 22.4 Å². The highest BCUT2D eigenvalue weighted by Crippen LogP contribution is 2.30. The molecule has 0 aliphatic heterocycles. The Balaban J connectivity index is 1.52. The number of imidazole rings is 1. The molecule has 2 heterocycles. The minimum absolute atomic E-state index is 0.385. The Morgan fingerprint density at radius 3 is 2.49 bits per heavy atom. The molecule has 35 heavy (non-hydrogen) atoms. The van der Waals surface area contributed by atoms with Gasteiger partial charge in [0.05, 0.1) is 30.3 Å². The maximum absolute atomic E-state index is 12.5. The van der Waals surface area contributed by atoms with Gasteiger partial charge in [-0.3, -0.25) is 0 Å². The Morgan fingerprint density at radius 2 is 1.77 bits per heavy atom. The lowest BCUT2D eigenvalue weighted by atomic mass is 9.98. The van der Waals surface area contributed by atoms with Gasteiger partial charge in [-0.25, -0.2) is 14.9 Å². The van der Waals surface area contributed by atoms with Gasteiger partial charge in [-0.15, -0.1) is 5.10 Å². The van der Waals surface area contributed by atoms with Gasteiger partial charge >= 0.3 is 5.97 Å². The summed E-state index contributed by atoms with van der Waals surface area (Å²) >= 11 is 0. The first-order valence-electron chi connectivity index (χ1n) is 11.2. The van der Waals surface area contributed by atoms with Crippen LogP contribution in [0.25, 0.3) is 33.5 Å². The number of carbonyl (C=O) groups excluding carboxylic acids is 1. The van der Waals surface area contributed by atoms with E-state index in [0.29, 0.717) is 31.0 Å². The summed E-state index contributed by atoms with van der Waals surface area (Å²) in [6.07, 6.45) is 0.627. The second-order valence-electron chi connectivity index (χ2n) is 8.01. The molecule has 0 saturated carbocycles. The third kappa shape index (κ3) is 4.41. The Morgan fingerprint density at radius 1 is 0.971 bits per heavy atom. The number of aromatic nitrogens is 6. The van der Waals surface area contributed by atoms with Gasteiger partial charge in [0.1, 0.15) is 5.82 Å². The molecule has 0 fully saturated rings. The maximum Gasteiger partial charge on any atom is 0.340 e. The van der Waals surface area contributed by atoms with Crippen molar-refractivity contribution >= 4 is 17.0 Å². The van der Waals surface area contributed by atoms with Crippen LogP contribution in [0.15, 0.2) is 66.7 Å². The number of esters is 1. The normalized spacial score (nSPS) is 11.1. The van der Waals surface area contributed by atoms with Gasteiger partial charge in [-0.1, -0.05) is 54.6 Å². The number of aromatic amines is 1. The Bertz CT molecular complexity index is 1460. The molecule has 9 heteroatoms. The van der Waals surface area contributed by atoms with Crippen molar-refractivity contribution < 1.29 is 14.3 Å². The van der Waals surface area contributed by atoms with E-state index in [1.54, 1.807) is 13.2 Å². The quantitative estimate of drug-likeness (QED) is 0.344. The minimum atomic E-state index is -0.385. The molecule has 0 amide bonds. The van der Waals surface area contributed by atoms with Crippen molar-refractivity contribution in [3.05, 3.63) is 83.7 Å². The first-order valence-corrected chi connectivity index (χ1v) is 11.2. The molecule has 0 atom stereocenters. The van der Waals surface area contributed by atoms with E-state index >= 15 is 0 Å². The molecule has 2 aromatic heterocycles. The lowest BCUT2D eigenvalue weighted by Gasteiger charge is -2.13. The van der Waals surface area contributed by atoms with Crippen LogP contribution in [-0.4, -0.2) is 57.0 Å². The topological polar surface area (TPSA) is 108 Å². The van der Waals surface area contributed by atoms with E-state index in [2.05, 4.69) is 49.5 Å². The smallest absolute Gasteiger partial charge is 0.340 e. The van der Waals surface area contributed by atoms with Crippen LogP contribution in [0.3, 0.4) is 0 Å². The third-order valence-corrected chi connectivity index (χ3v) is 5.91. The van der Waals surface area contributed by atoms with Crippen LogP contribution in [0.1, 0.15) is 21.7 Å². The molecule has 5 rings (SSSR count). The fraction of sp³-hybridized carbons (Fsp3) is 0.192. The average Bonchev–Trinajstić information content (AvgIpc) is 3.56. The standard InChI is InChI=1S/C26H24N6O3/c1-34-15-14-23-27-22-9-5-8-21(26(33)35-2)24(22)32(23)16-17-10-12-18(13-11-17)19-6-3-4-7-20(19)25-28-30-31-29-25/h3-13H,14-16H2,1-2H3,(H,28,29,30,31). The zero-order chi connectivity index (χ0) is 24.2. The molecule has 0 spiro atoms. The van der Waals surface area contributed by atoms with Crippen molar-refractivity contribution in [1.82, 2.24) is 30.2 Å². The number of ether oxygens (including phenoxy) is 2. The molecule has 9 nitrogen and oxygen atoms in total. The fourth-order valence-corrected chi connectivity index (χ4v) is 4.25. The largest absolute Gasteiger partial charge is 0.465 e. The predicted octanol–water partition coefficient (Wildman–Crippen LogP) is 3.91. The molecule has 0 unspecified atom stereocenters. The van der Waals surface area contributed by atoms with Gasteiger partial charge in [0.15, 0.2) is 5.82 Å². The average molecular weight is 469 g/mol. The predicted molar refractivity (Wildman–Crippen MR) is 131 cm³/mol. The van der Waals surface area contributed by atoms with Crippen molar-refractivity contribution in [3.8, 4) is 22.5 Å². The van der Waals surface area contributed by atoms with Gasteiger partial charge < -0.3 is 14.0 Å². The zero-order valence-corrected chi connectivity index (χ0v) is 19.4. The van der Waals surface area contributed by atoms with Gasteiger partial charge in [0.2, 0.25) is 0 Å². The van der Waals surface area contributed by atoms with E-state index in [1.165, 1.54) is 7.11 Å². The summed E-state index contributed by atoms with van der Waals surface area (Å²) in [6.45, 7) is 1.08. The second-order valence-corrected chi connectivity index (χ2v) is 8.01. The number of H-pyrrole nitrogens is 1. The van der Waals surface area contributed by atoms with Crippen LogP contribution in [0, 0.1) is 0 Å². The lowest BCUT2D eigenvalue weighted by Crippen LogP contribution is -2.10. The van der Waals surface area contributed by atoms with Crippen LogP contribution < -0.4 is 0 Å². The second kappa shape index (κ2) is 9.86. The Kier molecular flexibility index (Phi) is 6.32. The van der Waals surface area contributed by atoms with Crippen molar-refractivity contribution in [3.63, 3.8) is 0 Å². The molecule has 5 aromatic rings. The van der Waals surface area contributed by atoms with Crippen LogP contribution in [0.4, 0.5) is 0 Å². The Labute approximate surface area is 201 Å². The van der Waals surface area contributed by atoms with Gasteiger partial charge in [-0.2, -0.15) is 0 Å². The van der Waals surface area contributed by atoms with E-state index in [1.807, 2.05) is 36.4 Å². The zero-order valence-electron chi connectivity index (χ0n) is 19.4. The van der Waals surface area contributed by atoms with Gasteiger partial charge in [0, 0.05) is 25.6 Å². The molecule has 0 aliphatic carbocycles. The molecule has 0 saturated heterocycles. The van der Waals surface area contributed by atoms with Crippen LogP contribution in [0.5, 0.6) is 0 Å². The number of tetrazole rings is 1. The number of nitrogens with zero attached hydrogens (tertiary/aromatic N) is 5. The summed E-state index contributed by atoms with van der Waals surface area (Å²) < 4.78 is 12.4. The van der Waals surface area contributed by atoms with E-state index in [9.17, 15) is 4.79 Å². The summed E-state index contributed by atoms with van der Waals surface area (Å²) in [7, 11) is 3.05. The molecule has 0 bridgehead atoms. The van der Waals surface area contributed by atoms with Crippen molar-refractivity contribution in [1.29, 1.82) is 0 Å². The summed E-state index contributed by atoms with van der Waals surface area (Å²) in [4.78, 5) is 17.3. The van der Waals surface area contributed by atoms with Crippen molar-refractivity contribution in [2.24, 2.45) is 0 Å². The first-order chi connectivity index (χ1) is 17.2. The first kappa shape index (κ1) is 22.4. The van der Waals surface area contributed by atoms with Gasteiger partial charge in [-0.05, 0) is 39.2 Å². The molecule has 3 aromatic carbocycles. The fourth-order valence-electron chi connectivity index (χ4n) is 4.25. The van der Waals surface area contributed by atoms with E-state index < -0.39 is 0 Å². The number of fused-ring (bicyclic) bond motifs is 1. The number of para-hydroxylation sites is 1. The highest BCUT2D eigenvalue weighted by molar-refractivity contribution is 6.02. The number of benzene rings is 3. The van der Waals surface area contributed by atoms with Gasteiger partial charge in [0.25, 0.3) is 0 Å². The number of rotatable bonds is 8. The van der Waals surface area contributed by atoms with E-state index in [4.69, 9.17) is 14.5 Å². The van der Waals surface area contributed by atoms with E-state index in [0.717, 1.165) is 39.1 Å². The SMILES string of the molecule is COCCc1nc2cccc(C(=O)OC)c2n1Cc1ccc(-c2ccccc2-c2nnn[nH]2)cc1. The van der Waals surface area contributed by atoms with Crippen molar-refractivity contribution in [2.45, 2.75) is 13.0 Å². The number of hydrogen-bond acceptors (Lipinski definition) is 7. The number of methoxy groups -OCH3 is 2. The summed E-state index contributed by atoms with van der Waals surface area (Å²) in [5, 5.41) is 14.3. The molecule has 1 N–H and O–H groups in total.